The van der Waals surface area contributed by atoms with Gasteiger partial charge in [0.25, 0.3) is 0 Å². The van der Waals surface area contributed by atoms with E-state index >= 15 is 0 Å². The highest BCUT2D eigenvalue weighted by molar-refractivity contribution is 5.68. The van der Waals surface area contributed by atoms with Crippen LogP contribution in [0.15, 0.2) is 0 Å². The molecule has 1 amide bonds. The van der Waals surface area contributed by atoms with Crippen molar-refractivity contribution in [1.29, 1.82) is 0 Å². The van der Waals surface area contributed by atoms with Gasteiger partial charge in [0.15, 0.2) is 0 Å². The van der Waals surface area contributed by atoms with Crippen molar-refractivity contribution in [3.05, 3.63) is 0 Å². The summed E-state index contributed by atoms with van der Waals surface area (Å²) in [6.07, 6.45) is 6.89. The largest absolute Gasteiger partial charge is 0.444 e. The molecule has 0 unspecified atom stereocenters. The van der Waals surface area contributed by atoms with Gasteiger partial charge in [0.1, 0.15) is 5.60 Å². The number of rotatable bonds is 0. The molecule has 0 radical (unpaired) electrons. The molecule has 0 aliphatic carbocycles. The van der Waals surface area contributed by atoms with Crippen LogP contribution in [0.2, 0.25) is 0 Å². The minimum absolute atomic E-state index is 0. The number of ether oxygens (including phenoxy) is 1. The van der Waals surface area contributed by atoms with Gasteiger partial charge in [0, 0.05) is 19.0 Å². The molecule has 0 aromatic rings. The summed E-state index contributed by atoms with van der Waals surface area (Å²) in [5.41, 5.74) is -0.417. The van der Waals surface area contributed by atoms with Crippen molar-refractivity contribution >= 4 is 6.09 Å². The van der Waals surface area contributed by atoms with Crippen LogP contribution in [0, 0.1) is 18.3 Å². The van der Waals surface area contributed by atoms with E-state index in [-0.39, 0.29) is 13.5 Å². The third kappa shape index (κ3) is 4.57. The molecule has 1 saturated heterocycles. The topological polar surface area (TPSA) is 29.5 Å². The summed E-state index contributed by atoms with van der Waals surface area (Å²) in [5, 5.41) is 0. The molecule has 16 heavy (non-hydrogen) atoms. The molecule has 1 aliphatic rings. The number of hydrogen-bond donors (Lipinski definition) is 0. The summed E-state index contributed by atoms with van der Waals surface area (Å²) in [6, 6.07) is 0. The SMILES string of the molecule is C.C#CC1CCN(C(=O)OC(C)(C)C)CC1. The number of likely N-dealkylation sites (tertiary alicyclic amines) is 1. The van der Waals surface area contributed by atoms with Crippen LogP contribution in [-0.4, -0.2) is 29.7 Å². The molecule has 3 heteroatoms. The van der Waals surface area contributed by atoms with Crippen molar-refractivity contribution in [2.45, 2.75) is 46.6 Å². The highest BCUT2D eigenvalue weighted by Crippen LogP contribution is 2.18. The van der Waals surface area contributed by atoms with E-state index in [0.717, 1.165) is 12.8 Å². The van der Waals surface area contributed by atoms with Gasteiger partial charge in [-0.2, -0.15) is 0 Å². The number of hydrogen-bond acceptors (Lipinski definition) is 2. The maximum Gasteiger partial charge on any atom is 0.410 e. The quantitative estimate of drug-likeness (QED) is 0.593. The Labute approximate surface area is 99.2 Å². The zero-order valence-corrected chi connectivity index (χ0v) is 9.75. The van der Waals surface area contributed by atoms with Gasteiger partial charge in [0.2, 0.25) is 0 Å². The normalized spacial score (nSPS) is 17.2. The first-order valence-corrected chi connectivity index (χ1v) is 5.36. The van der Waals surface area contributed by atoms with Crippen LogP contribution < -0.4 is 0 Å². The van der Waals surface area contributed by atoms with Crippen LogP contribution in [0.5, 0.6) is 0 Å². The third-order valence-corrected chi connectivity index (χ3v) is 2.38. The number of nitrogens with zero attached hydrogens (tertiary/aromatic N) is 1. The lowest BCUT2D eigenvalue weighted by Gasteiger charge is -2.31. The zero-order valence-electron chi connectivity index (χ0n) is 9.75. The molecule has 0 spiro atoms. The van der Waals surface area contributed by atoms with E-state index in [2.05, 4.69) is 5.92 Å². The summed E-state index contributed by atoms with van der Waals surface area (Å²) in [5.74, 6) is 3.06. The number of carbonyl (C=O) groups excluding carboxylic acids is 1. The van der Waals surface area contributed by atoms with Crippen molar-refractivity contribution < 1.29 is 9.53 Å². The summed E-state index contributed by atoms with van der Waals surface area (Å²) >= 11 is 0. The highest BCUT2D eigenvalue weighted by Gasteiger charge is 2.25. The van der Waals surface area contributed by atoms with Crippen LogP contribution >= 0.6 is 0 Å². The molecule has 1 heterocycles. The van der Waals surface area contributed by atoms with E-state index in [4.69, 9.17) is 11.2 Å². The van der Waals surface area contributed by atoms with E-state index in [9.17, 15) is 4.79 Å². The molecule has 0 atom stereocenters. The second-order valence-electron chi connectivity index (χ2n) is 4.91. The fourth-order valence-electron chi connectivity index (χ4n) is 1.56. The van der Waals surface area contributed by atoms with Crippen molar-refractivity contribution in [3.8, 4) is 12.3 Å². The van der Waals surface area contributed by atoms with E-state index in [1.54, 1.807) is 4.90 Å². The molecular formula is C13H23NO2. The third-order valence-electron chi connectivity index (χ3n) is 2.38. The first-order valence-electron chi connectivity index (χ1n) is 5.36. The van der Waals surface area contributed by atoms with Crippen molar-refractivity contribution in [1.82, 2.24) is 4.90 Å². The first kappa shape index (κ1) is 14.8. The highest BCUT2D eigenvalue weighted by atomic mass is 16.6. The lowest BCUT2D eigenvalue weighted by atomic mass is 9.98. The van der Waals surface area contributed by atoms with E-state index in [1.807, 2.05) is 20.8 Å². The number of piperidine rings is 1. The zero-order chi connectivity index (χ0) is 11.5. The van der Waals surface area contributed by atoms with Gasteiger partial charge >= 0.3 is 6.09 Å². The lowest BCUT2D eigenvalue weighted by molar-refractivity contribution is 0.0200. The van der Waals surface area contributed by atoms with Crippen LogP contribution in [0.4, 0.5) is 4.79 Å². The van der Waals surface area contributed by atoms with Gasteiger partial charge in [-0.15, -0.1) is 12.3 Å². The molecule has 0 aromatic carbocycles. The van der Waals surface area contributed by atoms with E-state index < -0.39 is 5.60 Å². The van der Waals surface area contributed by atoms with Crippen LogP contribution in [-0.2, 0) is 4.74 Å². The Morgan fingerprint density at radius 2 is 1.88 bits per heavy atom. The second-order valence-corrected chi connectivity index (χ2v) is 4.91. The summed E-state index contributed by atoms with van der Waals surface area (Å²) in [7, 11) is 0. The molecule has 0 aromatic heterocycles. The van der Waals surface area contributed by atoms with Gasteiger partial charge in [-0.3, -0.25) is 0 Å². The van der Waals surface area contributed by atoms with E-state index in [0.29, 0.717) is 19.0 Å². The molecule has 0 saturated carbocycles. The molecule has 0 bridgehead atoms. The van der Waals surface area contributed by atoms with Gasteiger partial charge in [-0.05, 0) is 33.6 Å². The molecule has 1 rings (SSSR count). The average Bonchev–Trinajstić information content (AvgIpc) is 2.15. The van der Waals surface area contributed by atoms with Gasteiger partial charge in [-0.1, -0.05) is 7.43 Å². The van der Waals surface area contributed by atoms with Gasteiger partial charge in [-0.25, -0.2) is 4.79 Å². The monoisotopic (exact) mass is 225 g/mol. The van der Waals surface area contributed by atoms with Crippen molar-refractivity contribution in [3.63, 3.8) is 0 Å². The standard InChI is InChI=1S/C12H19NO2.CH4/c1-5-10-6-8-13(9-7-10)11(14)15-12(2,3)4;/h1,10H,6-9H2,2-4H3;1H4. The van der Waals surface area contributed by atoms with Crippen molar-refractivity contribution in [2.75, 3.05) is 13.1 Å². The molecule has 92 valence electrons. The average molecular weight is 225 g/mol. The Hall–Kier alpha value is -1.17. The number of terminal acetylenes is 1. The van der Waals surface area contributed by atoms with Crippen LogP contribution in [0.3, 0.4) is 0 Å². The fourth-order valence-corrected chi connectivity index (χ4v) is 1.56. The van der Waals surface area contributed by atoms with Crippen molar-refractivity contribution in [2.24, 2.45) is 5.92 Å². The Kier molecular flexibility index (Phi) is 5.37. The summed E-state index contributed by atoms with van der Waals surface area (Å²) in [4.78, 5) is 13.4. The smallest absolute Gasteiger partial charge is 0.410 e. The predicted molar refractivity (Wildman–Crippen MR) is 66.1 cm³/mol. The Balaban J connectivity index is 0.00000225. The molecule has 0 N–H and O–H groups in total. The molecular weight excluding hydrogens is 202 g/mol. The Bertz CT molecular complexity index is 265. The Morgan fingerprint density at radius 3 is 2.25 bits per heavy atom. The van der Waals surface area contributed by atoms with Crippen LogP contribution in [0.25, 0.3) is 0 Å². The molecule has 1 aliphatic heterocycles. The predicted octanol–water partition coefficient (Wildman–Crippen LogP) is 2.90. The van der Waals surface area contributed by atoms with E-state index in [1.165, 1.54) is 0 Å². The fraction of sp³-hybridized carbons (Fsp3) is 0.769. The lowest BCUT2D eigenvalue weighted by Crippen LogP contribution is -2.41. The minimum Gasteiger partial charge on any atom is -0.444 e. The second kappa shape index (κ2) is 5.79. The van der Waals surface area contributed by atoms with Gasteiger partial charge < -0.3 is 9.64 Å². The first-order chi connectivity index (χ1) is 6.92. The summed E-state index contributed by atoms with van der Waals surface area (Å²) in [6.45, 7) is 7.05. The Morgan fingerprint density at radius 1 is 1.38 bits per heavy atom. The molecule has 1 fully saturated rings. The number of amides is 1. The summed E-state index contributed by atoms with van der Waals surface area (Å²) < 4.78 is 5.28. The maximum absolute atomic E-state index is 11.7. The minimum atomic E-state index is -0.417. The van der Waals surface area contributed by atoms with Gasteiger partial charge in [0.05, 0.1) is 0 Å². The number of carbonyl (C=O) groups is 1. The maximum atomic E-state index is 11.7. The molecule has 3 nitrogen and oxygen atoms in total. The van der Waals surface area contributed by atoms with Crippen LogP contribution in [0.1, 0.15) is 41.0 Å².